The molecule has 0 bridgehead atoms. The van der Waals surface area contributed by atoms with Gasteiger partial charge in [0.1, 0.15) is 0 Å². The number of carbonyl (C=O) groups is 1. The lowest BCUT2D eigenvalue weighted by Crippen LogP contribution is -2.40. The van der Waals surface area contributed by atoms with E-state index in [9.17, 15) is 4.79 Å². The van der Waals surface area contributed by atoms with Gasteiger partial charge in [-0.25, -0.2) is 0 Å². The van der Waals surface area contributed by atoms with Gasteiger partial charge in [-0.3, -0.25) is 14.8 Å². The summed E-state index contributed by atoms with van der Waals surface area (Å²) in [6.07, 6.45) is 8.20. The van der Waals surface area contributed by atoms with Gasteiger partial charge in [-0.15, -0.1) is 0 Å². The molecule has 1 amide bonds. The number of hydrogen-bond donors (Lipinski definition) is 1. The number of pyridine rings is 2. The molecule has 2 aromatic heterocycles. The second-order valence-electron chi connectivity index (χ2n) is 5.82. The molecule has 5 nitrogen and oxygen atoms in total. The Bertz CT molecular complexity index is 609. The summed E-state index contributed by atoms with van der Waals surface area (Å²) < 4.78 is 0. The number of nitrogens with zero attached hydrogens (tertiary/aromatic N) is 3. The first-order chi connectivity index (χ1) is 11.3. The van der Waals surface area contributed by atoms with Gasteiger partial charge in [0, 0.05) is 30.2 Å². The Balaban J connectivity index is 1.84. The van der Waals surface area contributed by atoms with Crippen LogP contribution in [0.4, 0.5) is 0 Å². The van der Waals surface area contributed by atoms with Crippen molar-refractivity contribution in [1.82, 2.24) is 20.2 Å². The zero-order valence-electron chi connectivity index (χ0n) is 13.2. The largest absolute Gasteiger partial charge is 0.330 e. The Labute approximate surface area is 136 Å². The van der Waals surface area contributed by atoms with Crippen molar-refractivity contribution in [2.24, 2.45) is 0 Å². The molecule has 23 heavy (non-hydrogen) atoms. The predicted octanol–water partition coefficient (Wildman–Crippen LogP) is 2.26. The summed E-state index contributed by atoms with van der Waals surface area (Å²) in [7, 11) is 0. The van der Waals surface area contributed by atoms with Crippen molar-refractivity contribution < 1.29 is 4.79 Å². The highest BCUT2D eigenvalue weighted by Gasteiger charge is 2.26. The maximum absolute atomic E-state index is 13.0. The third kappa shape index (κ3) is 4.13. The summed E-state index contributed by atoms with van der Waals surface area (Å²) in [5.41, 5.74) is 1.61. The lowest BCUT2D eigenvalue weighted by molar-refractivity contribution is 0.0642. The topological polar surface area (TPSA) is 58.1 Å². The van der Waals surface area contributed by atoms with Gasteiger partial charge in [0.05, 0.1) is 12.2 Å². The summed E-state index contributed by atoms with van der Waals surface area (Å²) >= 11 is 0. The highest BCUT2D eigenvalue weighted by molar-refractivity contribution is 5.94. The maximum Gasteiger partial charge on any atom is 0.254 e. The zero-order chi connectivity index (χ0) is 15.9. The van der Waals surface area contributed by atoms with Crippen LogP contribution >= 0.6 is 0 Å². The van der Waals surface area contributed by atoms with Crippen LogP contribution in [0.2, 0.25) is 0 Å². The summed E-state index contributed by atoms with van der Waals surface area (Å²) in [5, 5.41) is 3.41. The molecule has 0 aliphatic carbocycles. The van der Waals surface area contributed by atoms with Gasteiger partial charge >= 0.3 is 0 Å². The average molecular weight is 310 g/mol. The van der Waals surface area contributed by atoms with Gasteiger partial charge < -0.3 is 10.2 Å². The lowest BCUT2D eigenvalue weighted by Gasteiger charge is -2.31. The fraction of sp³-hybridized carbons (Fsp3) is 0.389. The van der Waals surface area contributed by atoms with Crippen LogP contribution in [-0.4, -0.2) is 39.9 Å². The van der Waals surface area contributed by atoms with E-state index in [-0.39, 0.29) is 11.9 Å². The lowest BCUT2D eigenvalue weighted by atomic mass is 10.1. The average Bonchev–Trinajstić information content (AvgIpc) is 2.90. The van der Waals surface area contributed by atoms with Crippen LogP contribution in [0.5, 0.6) is 0 Å². The molecule has 0 aromatic carbocycles. The van der Waals surface area contributed by atoms with Crippen LogP contribution in [0.3, 0.4) is 0 Å². The monoisotopic (exact) mass is 310 g/mol. The van der Waals surface area contributed by atoms with E-state index in [1.54, 1.807) is 30.7 Å². The van der Waals surface area contributed by atoms with E-state index >= 15 is 0 Å². The minimum absolute atomic E-state index is 0.0601. The number of nitrogens with one attached hydrogen (secondary N) is 1. The van der Waals surface area contributed by atoms with Crippen molar-refractivity contribution in [1.29, 1.82) is 0 Å². The smallest absolute Gasteiger partial charge is 0.254 e. The molecular formula is C18H22N4O. The molecule has 0 spiro atoms. The number of amides is 1. The van der Waals surface area contributed by atoms with E-state index in [1.165, 1.54) is 0 Å². The zero-order valence-corrected chi connectivity index (χ0v) is 13.2. The standard InChI is InChI=1S/C18H22N4O/c23-18(15-6-11-20-12-7-15)22(14-16-4-1-2-10-21-16)17-5-3-9-19-13-8-17/h1-2,4,6-7,10-12,17,19H,3,5,8-9,13-14H2. The SMILES string of the molecule is O=C(c1ccncc1)N(Cc1ccccn1)C1CCCNCC1. The van der Waals surface area contributed by atoms with E-state index in [1.807, 2.05) is 23.1 Å². The highest BCUT2D eigenvalue weighted by atomic mass is 16.2. The van der Waals surface area contributed by atoms with Gasteiger partial charge in [-0.2, -0.15) is 0 Å². The second-order valence-corrected chi connectivity index (χ2v) is 5.82. The Hall–Kier alpha value is -2.27. The van der Waals surface area contributed by atoms with Crippen LogP contribution in [-0.2, 0) is 6.54 Å². The van der Waals surface area contributed by atoms with E-state index in [2.05, 4.69) is 15.3 Å². The molecule has 0 radical (unpaired) electrons. The third-order valence-electron chi connectivity index (χ3n) is 4.23. The summed E-state index contributed by atoms with van der Waals surface area (Å²) in [5.74, 6) is 0.0601. The molecule has 1 fully saturated rings. The normalized spacial score (nSPS) is 18.2. The fourth-order valence-corrected chi connectivity index (χ4v) is 3.01. The first-order valence-electron chi connectivity index (χ1n) is 8.16. The van der Waals surface area contributed by atoms with Crippen LogP contribution < -0.4 is 5.32 Å². The molecule has 1 aliphatic rings. The second kappa shape index (κ2) is 7.83. The summed E-state index contributed by atoms with van der Waals surface area (Å²) in [4.78, 5) is 23.4. The van der Waals surface area contributed by atoms with E-state index in [0.717, 1.165) is 38.0 Å². The van der Waals surface area contributed by atoms with E-state index < -0.39 is 0 Å². The number of rotatable bonds is 4. The van der Waals surface area contributed by atoms with Crippen LogP contribution in [0, 0.1) is 0 Å². The quantitative estimate of drug-likeness (QED) is 0.941. The van der Waals surface area contributed by atoms with Crippen LogP contribution in [0.25, 0.3) is 0 Å². The summed E-state index contributed by atoms with van der Waals surface area (Å²) in [6, 6.07) is 9.64. The highest BCUT2D eigenvalue weighted by Crippen LogP contribution is 2.19. The molecule has 2 aromatic rings. The number of hydrogen-bond acceptors (Lipinski definition) is 4. The maximum atomic E-state index is 13.0. The van der Waals surface area contributed by atoms with E-state index in [4.69, 9.17) is 0 Å². The Morgan fingerprint density at radius 3 is 2.78 bits per heavy atom. The van der Waals surface area contributed by atoms with Crippen molar-refractivity contribution in [3.63, 3.8) is 0 Å². The molecule has 5 heteroatoms. The van der Waals surface area contributed by atoms with Crippen LogP contribution in [0.1, 0.15) is 35.3 Å². The molecule has 1 unspecified atom stereocenters. The molecule has 1 aliphatic heterocycles. The molecule has 1 N–H and O–H groups in total. The first kappa shape index (κ1) is 15.6. The van der Waals surface area contributed by atoms with Crippen molar-refractivity contribution in [2.75, 3.05) is 13.1 Å². The molecule has 1 atom stereocenters. The predicted molar refractivity (Wildman–Crippen MR) is 88.9 cm³/mol. The van der Waals surface area contributed by atoms with Gasteiger partial charge in [0.2, 0.25) is 0 Å². The van der Waals surface area contributed by atoms with Crippen LogP contribution in [0.15, 0.2) is 48.9 Å². The minimum atomic E-state index is 0.0601. The van der Waals surface area contributed by atoms with Crippen molar-refractivity contribution in [3.8, 4) is 0 Å². The van der Waals surface area contributed by atoms with Gasteiger partial charge in [-0.1, -0.05) is 6.07 Å². The fourth-order valence-electron chi connectivity index (χ4n) is 3.01. The number of aromatic nitrogens is 2. The Morgan fingerprint density at radius 1 is 1.13 bits per heavy atom. The van der Waals surface area contributed by atoms with Gasteiger partial charge in [0.15, 0.2) is 0 Å². The summed E-state index contributed by atoms with van der Waals surface area (Å²) in [6.45, 7) is 2.52. The molecule has 120 valence electrons. The molecule has 3 heterocycles. The first-order valence-corrected chi connectivity index (χ1v) is 8.16. The molecule has 3 rings (SSSR count). The van der Waals surface area contributed by atoms with Gasteiger partial charge in [0.25, 0.3) is 5.91 Å². The van der Waals surface area contributed by atoms with Crippen molar-refractivity contribution in [2.45, 2.75) is 31.8 Å². The Kier molecular flexibility index (Phi) is 5.32. The molecule has 1 saturated heterocycles. The third-order valence-corrected chi connectivity index (χ3v) is 4.23. The number of carbonyl (C=O) groups excluding carboxylic acids is 1. The Morgan fingerprint density at radius 2 is 2.00 bits per heavy atom. The van der Waals surface area contributed by atoms with E-state index in [0.29, 0.717) is 12.1 Å². The molecule has 0 saturated carbocycles. The van der Waals surface area contributed by atoms with Crippen molar-refractivity contribution >= 4 is 5.91 Å². The minimum Gasteiger partial charge on any atom is -0.330 e. The van der Waals surface area contributed by atoms with Gasteiger partial charge in [-0.05, 0) is 56.6 Å². The van der Waals surface area contributed by atoms with Crippen molar-refractivity contribution in [3.05, 3.63) is 60.2 Å². The molecular weight excluding hydrogens is 288 g/mol.